The molecule has 208 valence electrons. The van der Waals surface area contributed by atoms with Gasteiger partial charge in [0.25, 0.3) is 15.6 Å². The van der Waals surface area contributed by atoms with Crippen LogP contribution in [0.25, 0.3) is 5.52 Å². The van der Waals surface area contributed by atoms with Gasteiger partial charge in [0.05, 0.1) is 22.4 Å². The van der Waals surface area contributed by atoms with Crippen LogP contribution in [0.2, 0.25) is 0 Å². The number of rotatable bonds is 6. The van der Waals surface area contributed by atoms with Crippen molar-refractivity contribution < 1.29 is 30.4 Å². The van der Waals surface area contributed by atoms with Crippen molar-refractivity contribution >= 4 is 52.6 Å². The van der Waals surface area contributed by atoms with Crippen LogP contribution in [-0.2, 0) is 36.3 Å². The molecule has 4 aromatic rings. The van der Waals surface area contributed by atoms with Gasteiger partial charge in [0.2, 0.25) is 10.0 Å². The van der Waals surface area contributed by atoms with Gasteiger partial charge in [-0.15, -0.1) is 4.40 Å². The summed E-state index contributed by atoms with van der Waals surface area (Å²) in [7, 11) is -11.5. The lowest BCUT2D eigenvalue weighted by Crippen LogP contribution is -2.31. The standard InChI is InChI=1S/C25H22N4O8S3/c1-38(32,33)17-9-6-15(7-10-17)13-18-20-5-3-4-12-29(20)25(31)22(23(18)30)24-26-19-11-8-16(27-39(2,34)35)14-21(19)40(36,37)28-24/h3-12,14,27,30H,13H2,1-2H3,(H,26,28). The molecule has 5 rings (SSSR count). The molecule has 0 bridgehead atoms. The summed E-state index contributed by atoms with van der Waals surface area (Å²) in [6.45, 7) is 0. The first-order valence-corrected chi connectivity index (χ1v) is 16.7. The second kappa shape index (κ2) is 9.46. The summed E-state index contributed by atoms with van der Waals surface area (Å²) in [5.41, 5.74) is 0.172. The third-order valence-corrected chi connectivity index (χ3v) is 9.17. The van der Waals surface area contributed by atoms with Gasteiger partial charge in [-0.05, 0) is 48.0 Å². The average Bonchev–Trinajstić information content (AvgIpc) is 2.85. The van der Waals surface area contributed by atoms with E-state index in [0.29, 0.717) is 11.1 Å². The predicted octanol–water partition coefficient (Wildman–Crippen LogP) is 1.93. The monoisotopic (exact) mass is 602 g/mol. The van der Waals surface area contributed by atoms with Crippen LogP contribution in [-0.4, -0.2) is 53.1 Å². The first-order valence-electron chi connectivity index (χ1n) is 11.5. The zero-order valence-corrected chi connectivity index (χ0v) is 23.4. The smallest absolute Gasteiger partial charge is 0.286 e. The number of nitrogens with one attached hydrogen (secondary N) is 2. The highest BCUT2D eigenvalue weighted by Crippen LogP contribution is 2.34. The molecule has 0 spiro atoms. The van der Waals surface area contributed by atoms with Crippen molar-refractivity contribution in [3.05, 3.63) is 93.9 Å². The molecule has 3 N–H and O–H groups in total. The normalized spacial score (nSPS) is 14.7. The molecular formula is C25H22N4O8S3. The molecular weight excluding hydrogens is 580 g/mol. The van der Waals surface area contributed by atoms with Gasteiger partial charge in [-0.2, -0.15) is 8.42 Å². The highest BCUT2D eigenvalue weighted by Gasteiger charge is 2.30. The molecule has 0 unspecified atom stereocenters. The molecule has 0 fully saturated rings. The van der Waals surface area contributed by atoms with Gasteiger partial charge >= 0.3 is 0 Å². The minimum absolute atomic E-state index is 0.00285. The summed E-state index contributed by atoms with van der Waals surface area (Å²) in [6, 6.07) is 14.7. The number of anilines is 2. The van der Waals surface area contributed by atoms with Gasteiger partial charge < -0.3 is 10.4 Å². The lowest BCUT2D eigenvalue weighted by atomic mass is 10.00. The Hall–Kier alpha value is -4.21. The number of amidine groups is 1. The number of nitrogens with zero attached hydrogens (tertiary/aromatic N) is 2. The van der Waals surface area contributed by atoms with E-state index in [4.69, 9.17) is 0 Å². The molecule has 0 amide bonds. The summed E-state index contributed by atoms with van der Waals surface area (Å²) in [6.07, 6.45) is 3.55. The third kappa shape index (κ3) is 5.17. The lowest BCUT2D eigenvalue weighted by molar-refractivity contribution is 0.467. The summed E-state index contributed by atoms with van der Waals surface area (Å²) in [5, 5.41) is 14.1. The quantitative estimate of drug-likeness (QED) is 0.297. The largest absolute Gasteiger partial charge is 0.507 e. The van der Waals surface area contributed by atoms with E-state index in [1.165, 1.54) is 34.9 Å². The van der Waals surface area contributed by atoms with E-state index in [1.807, 2.05) is 0 Å². The third-order valence-electron chi connectivity index (χ3n) is 6.12. The van der Waals surface area contributed by atoms with Gasteiger partial charge in [-0.3, -0.25) is 13.9 Å². The Bertz CT molecular complexity index is 2120. The maximum absolute atomic E-state index is 13.5. The number of fused-ring (bicyclic) bond motifs is 2. The van der Waals surface area contributed by atoms with Crippen LogP contribution in [0.3, 0.4) is 0 Å². The van der Waals surface area contributed by atoms with Crippen molar-refractivity contribution in [3.8, 4) is 5.75 Å². The van der Waals surface area contributed by atoms with E-state index in [9.17, 15) is 35.2 Å². The van der Waals surface area contributed by atoms with Gasteiger partial charge in [-0.25, -0.2) is 16.8 Å². The minimum atomic E-state index is -4.42. The number of aromatic hydroxyl groups is 1. The van der Waals surface area contributed by atoms with Crippen molar-refractivity contribution in [3.63, 3.8) is 0 Å². The van der Waals surface area contributed by atoms with E-state index in [2.05, 4.69) is 14.4 Å². The summed E-state index contributed by atoms with van der Waals surface area (Å²) in [4.78, 5) is 13.3. The van der Waals surface area contributed by atoms with Crippen molar-refractivity contribution in [2.75, 3.05) is 22.6 Å². The number of sulfone groups is 1. The Kier molecular flexibility index (Phi) is 6.47. The molecule has 1 aliphatic rings. The first kappa shape index (κ1) is 27.4. The fourth-order valence-electron chi connectivity index (χ4n) is 4.35. The maximum Gasteiger partial charge on any atom is 0.286 e. The second-order valence-electron chi connectivity index (χ2n) is 9.18. The van der Waals surface area contributed by atoms with Gasteiger partial charge in [-0.1, -0.05) is 18.2 Å². The summed E-state index contributed by atoms with van der Waals surface area (Å²) < 4.78 is 80.2. The lowest BCUT2D eigenvalue weighted by Gasteiger charge is -2.21. The summed E-state index contributed by atoms with van der Waals surface area (Å²) in [5.74, 6) is -0.908. The molecule has 1 aliphatic heterocycles. The van der Waals surface area contributed by atoms with Gasteiger partial charge in [0, 0.05) is 30.1 Å². The number of hydrogen-bond acceptors (Lipinski definition) is 9. The number of pyridine rings is 2. The molecule has 40 heavy (non-hydrogen) atoms. The Morgan fingerprint density at radius 2 is 1.70 bits per heavy atom. The van der Waals surface area contributed by atoms with E-state index >= 15 is 0 Å². The van der Waals surface area contributed by atoms with Crippen LogP contribution in [0.5, 0.6) is 5.75 Å². The van der Waals surface area contributed by atoms with Crippen molar-refractivity contribution in [1.29, 1.82) is 0 Å². The van der Waals surface area contributed by atoms with Crippen molar-refractivity contribution in [2.24, 2.45) is 4.40 Å². The number of sulfonamides is 2. The predicted molar refractivity (Wildman–Crippen MR) is 150 cm³/mol. The van der Waals surface area contributed by atoms with Gasteiger partial charge in [0.1, 0.15) is 16.2 Å². The van der Waals surface area contributed by atoms with E-state index in [0.717, 1.165) is 18.6 Å². The molecule has 2 aromatic heterocycles. The maximum atomic E-state index is 13.5. The Balaban J connectivity index is 1.65. The molecule has 0 radical (unpaired) electrons. The highest BCUT2D eigenvalue weighted by molar-refractivity contribution is 7.92. The van der Waals surface area contributed by atoms with Crippen LogP contribution in [0.1, 0.15) is 16.7 Å². The molecule has 3 heterocycles. The van der Waals surface area contributed by atoms with Crippen molar-refractivity contribution in [2.45, 2.75) is 16.2 Å². The molecule has 0 atom stereocenters. The van der Waals surface area contributed by atoms with E-state index < -0.39 is 47.0 Å². The molecule has 0 saturated carbocycles. The minimum Gasteiger partial charge on any atom is -0.507 e. The molecule has 0 aliphatic carbocycles. The van der Waals surface area contributed by atoms with Crippen LogP contribution in [0, 0.1) is 0 Å². The Morgan fingerprint density at radius 1 is 1.00 bits per heavy atom. The van der Waals surface area contributed by atoms with E-state index in [-0.39, 0.29) is 38.7 Å². The zero-order chi connectivity index (χ0) is 29.0. The van der Waals surface area contributed by atoms with Crippen LogP contribution >= 0.6 is 0 Å². The molecule has 15 heteroatoms. The fourth-order valence-corrected chi connectivity index (χ4v) is 6.68. The Morgan fingerprint density at radius 3 is 2.35 bits per heavy atom. The fraction of sp³-hybridized carbons (Fsp3) is 0.120. The van der Waals surface area contributed by atoms with Gasteiger partial charge in [0.15, 0.2) is 15.7 Å². The van der Waals surface area contributed by atoms with Crippen LogP contribution in [0.4, 0.5) is 11.4 Å². The zero-order valence-electron chi connectivity index (χ0n) is 21.0. The SMILES string of the molecule is CS(=O)(=O)Nc1ccc2c(c1)S(=O)(=O)N=C(c1c(O)c(Cc3ccc(S(C)(=O)=O)cc3)c3ccccn3c1=O)N2. The van der Waals surface area contributed by atoms with Crippen molar-refractivity contribution in [1.82, 2.24) is 4.40 Å². The number of hydrogen-bond donors (Lipinski definition) is 3. The molecule has 0 saturated heterocycles. The Labute approximate surface area is 229 Å². The van der Waals surface area contributed by atoms with E-state index in [1.54, 1.807) is 30.3 Å². The second-order valence-corrected chi connectivity index (χ2v) is 14.5. The average molecular weight is 603 g/mol. The number of benzene rings is 2. The van der Waals surface area contributed by atoms with Crippen LogP contribution < -0.4 is 15.6 Å². The number of aromatic nitrogens is 1. The topological polar surface area (TPSA) is 181 Å². The van der Waals surface area contributed by atoms with Crippen LogP contribution in [0.15, 0.2) is 85.8 Å². The molecule has 2 aromatic carbocycles. The highest BCUT2D eigenvalue weighted by atomic mass is 32.2. The summed E-state index contributed by atoms with van der Waals surface area (Å²) >= 11 is 0. The first-order chi connectivity index (χ1) is 18.6. The molecule has 12 nitrogen and oxygen atoms in total.